The SMILES string of the molecule is NC(=O)N/N=C\c1ccc(Cl)s1. The first-order valence-electron chi connectivity index (χ1n) is 3.02. The monoisotopic (exact) mass is 203 g/mol. The van der Waals surface area contributed by atoms with Crippen molar-refractivity contribution in [1.82, 2.24) is 5.43 Å². The Morgan fingerprint density at radius 3 is 3.00 bits per heavy atom. The molecule has 0 bridgehead atoms. The number of halogens is 1. The molecule has 6 heteroatoms. The van der Waals surface area contributed by atoms with Crippen LogP contribution in [-0.2, 0) is 0 Å². The Morgan fingerprint density at radius 1 is 1.75 bits per heavy atom. The lowest BCUT2D eigenvalue weighted by Gasteiger charge is -1.87. The molecule has 0 fully saturated rings. The third-order valence-electron chi connectivity index (χ3n) is 0.961. The largest absolute Gasteiger partial charge is 0.350 e. The molecule has 2 amide bonds. The lowest BCUT2D eigenvalue weighted by molar-refractivity contribution is 0.249. The predicted octanol–water partition coefficient (Wildman–Crippen LogP) is 1.40. The van der Waals surface area contributed by atoms with Crippen molar-refractivity contribution >= 4 is 35.2 Å². The molecule has 1 aromatic heterocycles. The highest BCUT2D eigenvalue weighted by Gasteiger charge is 1.93. The Labute approximate surface area is 78.0 Å². The average Bonchev–Trinajstić information content (AvgIpc) is 2.35. The van der Waals surface area contributed by atoms with Crippen molar-refractivity contribution in [3.05, 3.63) is 21.3 Å². The van der Waals surface area contributed by atoms with E-state index in [1.54, 1.807) is 12.1 Å². The van der Waals surface area contributed by atoms with Gasteiger partial charge in [0.25, 0.3) is 0 Å². The fourth-order valence-corrected chi connectivity index (χ4v) is 1.49. The van der Waals surface area contributed by atoms with Gasteiger partial charge in [-0.25, -0.2) is 10.2 Å². The molecular weight excluding hydrogens is 198 g/mol. The van der Waals surface area contributed by atoms with Crippen LogP contribution in [0, 0.1) is 0 Å². The van der Waals surface area contributed by atoms with E-state index in [4.69, 9.17) is 17.3 Å². The molecule has 4 nitrogen and oxygen atoms in total. The highest BCUT2D eigenvalue weighted by molar-refractivity contribution is 7.17. The summed E-state index contributed by atoms with van der Waals surface area (Å²) in [6.07, 6.45) is 1.47. The summed E-state index contributed by atoms with van der Waals surface area (Å²) in [6, 6.07) is 2.85. The molecule has 0 unspecified atom stereocenters. The Kier molecular flexibility index (Phi) is 3.07. The van der Waals surface area contributed by atoms with Gasteiger partial charge in [-0.05, 0) is 12.1 Å². The van der Waals surface area contributed by atoms with Crippen LogP contribution in [0.25, 0.3) is 0 Å². The highest BCUT2D eigenvalue weighted by atomic mass is 35.5. The molecule has 0 aliphatic heterocycles. The summed E-state index contributed by atoms with van der Waals surface area (Å²) in [4.78, 5) is 11.0. The first kappa shape index (κ1) is 9.02. The minimum atomic E-state index is -0.686. The van der Waals surface area contributed by atoms with Crippen molar-refractivity contribution in [2.45, 2.75) is 0 Å². The first-order chi connectivity index (χ1) is 5.68. The predicted molar refractivity (Wildman–Crippen MR) is 49.6 cm³/mol. The van der Waals surface area contributed by atoms with Crippen LogP contribution in [0.5, 0.6) is 0 Å². The molecule has 0 aliphatic rings. The number of primary amides is 1. The van der Waals surface area contributed by atoms with Crippen molar-refractivity contribution in [2.75, 3.05) is 0 Å². The van der Waals surface area contributed by atoms with Crippen LogP contribution >= 0.6 is 22.9 Å². The van der Waals surface area contributed by atoms with Gasteiger partial charge in [-0.15, -0.1) is 11.3 Å². The lowest BCUT2D eigenvalue weighted by Crippen LogP contribution is -2.24. The van der Waals surface area contributed by atoms with Crippen molar-refractivity contribution in [2.24, 2.45) is 10.8 Å². The Hall–Kier alpha value is -1.07. The quantitative estimate of drug-likeness (QED) is 0.554. The third kappa shape index (κ3) is 2.89. The number of carbonyl (C=O) groups excluding carboxylic acids is 1. The molecule has 0 spiro atoms. The van der Waals surface area contributed by atoms with Crippen molar-refractivity contribution in [3.63, 3.8) is 0 Å². The standard InChI is InChI=1S/C6H6ClN3OS/c7-5-2-1-4(12-5)3-9-10-6(8)11/h1-3H,(H3,8,10,11)/b9-3-. The Balaban J connectivity index is 2.52. The zero-order valence-corrected chi connectivity index (χ0v) is 7.52. The Bertz CT molecular complexity index is 309. The van der Waals surface area contributed by atoms with E-state index in [9.17, 15) is 4.79 Å². The smallest absolute Gasteiger partial charge is 0.332 e. The van der Waals surface area contributed by atoms with E-state index in [0.29, 0.717) is 4.34 Å². The van der Waals surface area contributed by atoms with Gasteiger partial charge in [0.2, 0.25) is 0 Å². The molecular formula is C6H6ClN3OS. The van der Waals surface area contributed by atoms with E-state index in [1.807, 2.05) is 0 Å². The molecule has 0 aliphatic carbocycles. The topological polar surface area (TPSA) is 67.5 Å². The first-order valence-corrected chi connectivity index (χ1v) is 4.22. The minimum absolute atomic E-state index is 0.676. The summed E-state index contributed by atoms with van der Waals surface area (Å²) in [5.41, 5.74) is 6.85. The molecule has 0 saturated carbocycles. The van der Waals surface area contributed by atoms with Gasteiger partial charge in [-0.2, -0.15) is 5.10 Å². The second-order valence-corrected chi connectivity index (χ2v) is 3.62. The molecule has 0 saturated heterocycles. The van der Waals surface area contributed by atoms with Crippen LogP contribution in [0.3, 0.4) is 0 Å². The van der Waals surface area contributed by atoms with Crippen molar-refractivity contribution in [3.8, 4) is 0 Å². The molecule has 3 N–H and O–H groups in total. The number of rotatable bonds is 2. The van der Waals surface area contributed by atoms with E-state index in [1.165, 1.54) is 17.6 Å². The van der Waals surface area contributed by atoms with Crippen LogP contribution in [0.4, 0.5) is 4.79 Å². The Morgan fingerprint density at radius 2 is 2.50 bits per heavy atom. The third-order valence-corrected chi connectivity index (χ3v) is 2.13. The second-order valence-electron chi connectivity index (χ2n) is 1.88. The summed E-state index contributed by atoms with van der Waals surface area (Å²) < 4.78 is 0.676. The number of carbonyl (C=O) groups is 1. The van der Waals surface area contributed by atoms with Gasteiger partial charge in [0.05, 0.1) is 10.6 Å². The molecule has 1 aromatic rings. The van der Waals surface area contributed by atoms with Crippen LogP contribution < -0.4 is 11.2 Å². The maximum absolute atomic E-state index is 10.2. The van der Waals surface area contributed by atoms with Crippen LogP contribution in [0.2, 0.25) is 4.34 Å². The highest BCUT2D eigenvalue weighted by Crippen LogP contribution is 2.19. The summed E-state index contributed by atoms with van der Waals surface area (Å²) in [5.74, 6) is 0. The van der Waals surface area contributed by atoms with E-state index in [-0.39, 0.29) is 0 Å². The maximum atomic E-state index is 10.2. The zero-order valence-electron chi connectivity index (χ0n) is 5.95. The lowest BCUT2D eigenvalue weighted by atomic mass is 10.5. The van der Waals surface area contributed by atoms with Crippen molar-refractivity contribution in [1.29, 1.82) is 0 Å². The van der Waals surface area contributed by atoms with Gasteiger partial charge in [0.1, 0.15) is 0 Å². The minimum Gasteiger partial charge on any atom is -0.350 e. The molecule has 12 heavy (non-hydrogen) atoms. The average molecular weight is 204 g/mol. The number of nitrogens with one attached hydrogen (secondary N) is 1. The summed E-state index contributed by atoms with van der Waals surface area (Å²) in [5, 5.41) is 3.56. The number of hydrogen-bond acceptors (Lipinski definition) is 3. The van der Waals surface area contributed by atoms with Crippen LogP contribution in [0.15, 0.2) is 17.2 Å². The molecule has 64 valence electrons. The van der Waals surface area contributed by atoms with E-state index < -0.39 is 6.03 Å². The number of nitrogens with zero attached hydrogens (tertiary/aromatic N) is 1. The summed E-state index contributed by atoms with van der Waals surface area (Å²) >= 11 is 7.01. The molecule has 1 heterocycles. The normalized spacial score (nSPS) is 10.4. The van der Waals surface area contributed by atoms with Crippen LogP contribution in [-0.4, -0.2) is 12.2 Å². The fourth-order valence-electron chi connectivity index (χ4n) is 0.557. The van der Waals surface area contributed by atoms with E-state index >= 15 is 0 Å². The van der Waals surface area contributed by atoms with Gasteiger partial charge >= 0.3 is 6.03 Å². The summed E-state index contributed by atoms with van der Waals surface area (Å²) in [7, 11) is 0. The van der Waals surface area contributed by atoms with E-state index in [2.05, 4.69) is 10.5 Å². The van der Waals surface area contributed by atoms with Gasteiger partial charge in [0.15, 0.2) is 0 Å². The number of thiophene rings is 1. The zero-order chi connectivity index (χ0) is 8.97. The molecule has 1 rings (SSSR count). The van der Waals surface area contributed by atoms with Gasteiger partial charge < -0.3 is 5.73 Å². The maximum Gasteiger partial charge on any atom is 0.332 e. The number of hydrogen-bond donors (Lipinski definition) is 2. The molecule has 0 radical (unpaired) electrons. The number of nitrogens with two attached hydrogens (primary N) is 1. The van der Waals surface area contributed by atoms with E-state index in [0.717, 1.165) is 4.88 Å². The molecule has 0 aromatic carbocycles. The summed E-state index contributed by atoms with van der Waals surface area (Å²) in [6.45, 7) is 0. The number of urea groups is 1. The van der Waals surface area contributed by atoms with Crippen molar-refractivity contribution < 1.29 is 4.79 Å². The van der Waals surface area contributed by atoms with Gasteiger partial charge in [-0.3, -0.25) is 0 Å². The molecule has 0 atom stereocenters. The van der Waals surface area contributed by atoms with Gasteiger partial charge in [-0.1, -0.05) is 11.6 Å². The fraction of sp³-hybridized carbons (Fsp3) is 0. The second kappa shape index (κ2) is 4.08. The van der Waals surface area contributed by atoms with Gasteiger partial charge in [0, 0.05) is 4.88 Å². The van der Waals surface area contributed by atoms with Crippen LogP contribution in [0.1, 0.15) is 4.88 Å². The number of hydrazone groups is 1. The number of amides is 2.